The first-order valence-electron chi connectivity index (χ1n) is 7.30. The maximum atomic E-state index is 11.9. The molecule has 0 bridgehead atoms. The summed E-state index contributed by atoms with van der Waals surface area (Å²) in [5, 5.41) is 19.9. The van der Waals surface area contributed by atoms with E-state index in [9.17, 15) is 4.79 Å². The van der Waals surface area contributed by atoms with Gasteiger partial charge in [-0.25, -0.2) is 0 Å². The monoisotopic (exact) mass is 377 g/mol. The van der Waals surface area contributed by atoms with Crippen LogP contribution in [0, 0.1) is 6.92 Å². The molecular weight excluding hydrogens is 362 g/mol. The minimum absolute atomic E-state index is 0.156. The van der Waals surface area contributed by atoms with Gasteiger partial charge < -0.3 is 9.15 Å². The van der Waals surface area contributed by atoms with Crippen LogP contribution in [0.4, 0.5) is 5.13 Å². The van der Waals surface area contributed by atoms with Crippen molar-refractivity contribution in [3.8, 4) is 5.75 Å². The summed E-state index contributed by atoms with van der Waals surface area (Å²) in [7, 11) is 1.62. The Bertz CT molecular complexity index is 847. The minimum atomic E-state index is -0.198. The SMILES string of the molecule is COc1ccc(Cc2nnc(SCC(=O)Nc3nnc(C)s3)o2)cc1. The van der Waals surface area contributed by atoms with Crippen molar-refractivity contribution < 1.29 is 13.9 Å². The summed E-state index contributed by atoms with van der Waals surface area (Å²) in [5.41, 5.74) is 1.03. The van der Waals surface area contributed by atoms with Gasteiger partial charge >= 0.3 is 0 Å². The van der Waals surface area contributed by atoms with E-state index in [2.05, 4.69) is 25.7 Å². The van der Waals surface area contributed by atoms with Gasteiger partial charge in [-0.2, -0.15) is 0 Å². The molecule has 2 aromatic heterocycles. The summed E-state index contributed by atoms with van der Waals surface area (Å²) >= 11 is 2.50. The van der Waals surface area contributed by atoms with Crippen molar-refractivity contribution in [2.75, 3.05) is 18.2 Å². The van der Waals surface area contributed by atoms with Gasteiger partial charge in [0.05, 0.1) is 19.3 Å². The van der Waals surface area contributed by atoms with Crippen molar-refractivity contribution in [1.29, 1.82) is 0 Å². The summed E-state index contributed by atoms with van der Waals surface area (Å²) < 4.78 is 10.7. The number of nitrogens with one attached hydrogen (secondary N) is 1. The second kappa shape index (κ2) is 8.08. The summed E-state index contributed by atoms with van der Waals surface area (Å²) in [4.78, 5) is 11.9. The first-order chi connectivity index (χ1) is 12.1. The van der Waals surface area contributed by atoms with Gasteiger partial charge in [-0.05, 0) is 24.6 Å². The zero-order valence-corrected chi connectivity index (χ0v) is 15.2. The van der Waals surface area contributed by atoms with Gasteiger partial charge in [0.1, 0.15) is 10.8 Å². The number of carbonyl (C=O) groups is 1. The standard InChI is InChI=1S/C15H15N5O3S2/c1-9-17-19-14(25-9)16-12(21)8-24-15-20-18-13(23-15)7-10-3-5-11(22-2)6-4-10/h3-6H,7-8H2,1-2H3,(H,16,19,21). The fourth-order valence-electron chi connectivity index (χ4n) is 1.92. The zero-order valence-electron chi connectivity index (χ0n) is 13.6. The Kier molecular flexibility index (Phi) is 5.61. The summed E-state index contributed by atoms with van der Waals surface area (Å²) in [6.07, 6.45) is 0.522. The van der Waals surface area contributed by atoms with Crippen LogP contribution >= 0.6 is 23.1 Å². The highest BCUT2D eigenvalue weighted by molar-refractivity contribution is 7.99. The highest BCUT2D eigenvalue weighted by Gasteiger charge is 2.12. The van der Waals surface area contributed by atoms with E-state index in [0.29, 0.717) is 22.7 Å². The Morgan fingerprint density at radius 2 is 2.04 bits per heavy atom. The van der Waals surface area contributed by atoms with Crippen LogP contribution in [0.3, 0.4) is 0 Å². The van der Waals surface area contributed by atoms with Crippen LogP contribution in [0.15, 0.2) is 33.9 Å². The van der Waals surface area contributed by atoms with Gasteiger partial charge in [-0.1, -0.05) is 35.2 Å². The Morgan fingerprint density at radius 3 is 2.72 bits per heavy atom. The number of methoxy groups -OCH3 is 1. The second-order valence-corrected chi connectivity index (χ2v) is 7.06. The maximum absolute atomic E-state index is 11.9. The quantitative estimate of drug-likeness (QED) is 0.627. The summed E-state index contributed by atoms with van der Waals surface area (Å²) in [6, 6.07) is 7.63. The Hall–Kier alpha value is -2.46. The van der Waals surface area contributed by atoms with Crippen LogP contribution in [0.1, 0.15) is 16.5 Å². The number of hydrogen-bond acceptors (Lipinski definition) is 9. The molecule has 3 aromatic rings. The first kappa shape index (κ1) is 17.4. The summed E-state index contributed by atoms with van der Waals surface area (Å²) in [6.45, 7) is 1.82. The van der Waals surface area contributed by atoms with Gasteiger partial charge in [-0.15, -0.1) is 20.4 Å². The molecule has 1 N–H and O–H groups in total. The number of ether oxygens (including phenoxy) is 1. The third-order valence-corrected chi connectivity index (χ3v) is 4.63. The lowest BCUT2D eigenvalue weighted by molar-refractivity contribution is -0.113. The Balaban J connectivity index is 1.50. The van der Waals surface area contributed by atoms with Crippen molar-refractivity contribution in [1.82, 2.24) is 20.4 Å². The van der Waals surface area contributed by atoms with E-state index in [1.807, 2.05) is 31.2 Å². The molecule has 0 saturated heterocycles. The third-order valence-electron chi connectivity index (χ3n) is 3.06. The van der Waals surface area contributed by atoms with Crippen molar-refractivity contribution in [2.24, 2.45) is 0 Å². The molecule has 8 nitrogen and oxygen atoms in total. The number of aromatic nitrogens is 4. The third kappa shape index (κ3) is 5.00. The molecular formula is C15H15N5O3S2. The number of nitrogens with zero attached hydrogens (tertiary/aromatic N) is 4. The van der Waals surface area contributed by atoms with Gasteiger partial charge in [-0.3, -0.25) is 10.1 Å². The second-order valence-electron chi connectivity index (χ2n) is 4.95. The lowest BCUT2D eigenvalue weighted by Gasteiger charge is -2.00. The molecule has 0 unspecified atom stereocenters. The molecule has 1 aromatic carbocycles. The van der Waals surface area contributed by atoms with Crippen molar-refractivity contribution in [3.05, 3.63) is 40.7 Å². The number of carbonyl (C=O) groups excluding carboxylic acids is 1. The van der Waals surface area contributed by atoms with E-state index >= 15 is 0 Å². The number of anilines is 1. The highest BCUT2D eigenvalue weighted by Crippen LogP contribution is 2.20. The smallest absolute Gasteiger partial charge is 0.277 e. The van der Waals surface area contributed by atoms with Crippen LogP contribution in [-0.2, 0) is 11.2 Å². The fourth-order valence-corrected chi connectivity index (χ4v) is 3.10. The lowest BCUT2D eigenvalue weighted by atomic mass is 10.1. The van der Waals surface area contributed by atoms with Crippen molar-refractivity contribution >= 4 is 34.1 Å². The molecule has 0 aliphatic carbocycles. The van der Waals surface area contributed by atoms with Gasteiger partial charge in [0.15, 0.2) is 0 Å². The predicted octanol–water partition coefficient (Wildman–Crippen LogP) is 2.56. The minimum Gasteiger partial charge on any atom is -0.497 e. The Labute approximate surface area is 152 Å². The van der Waals surface area contributed by atoms with Gasteiger partial charge in [0.2, 0.25) is 16.9 Å². The predicted molar refractivity (Wildman–Crippen MR) is 94.1 cm³/mol. The number of benzene rings is 1. The molecule has 0 atom stereocenters. The van der Waals surface area contributed by atoms with Crippen molar-refractivity contribution in [3.63, 3.8) is 0 Å². The van der Waals surface area contributed by atoms with Crippen LogP contribution in [0.25, 0.3) is 0 Å². The normalized spacial score (nSPS) is 10.6. The molecule has 3 rings (SSSR count). The summed E-state index contributed by atoms with van der Waals surface area (Å²) in [5.74, 6) is 1.24. The van der Waals surface area contributed by atoms with Crippen LogP contribution in [0.2, 0.25) is 0 Å². The maximum Gasteiger partial charge on any atom is 0.277 e. The van der Waals surface area contributed by atoms with E-state index in [1.165, 1.54) is 23.1 Å². The average molecular weight is 377 g/mol. The average Bonchev–Trinajstić information content (AvgIpc) is 3.22. The zero-order chi connectivity index (χ0) is 17.6. The number of hydrogen-bond donors (Lipinski definition) is 1. The molecule has 0 spiro atoms. The molecule has 25 heavy (non-hydrogen) atoms. The molecule has 0 aliphatic heterocycles. The molecule has 0 radical (unpaired) electrons. The van der Waals surface area contributed by atoms with Crippen LogP contribution < -0.4 is 10.1 Å². The van der Waals surface area contributed by atoms with E-state index in [0.717, 1.165) is 16.3 Å². The van der Waals surface area contributed by atoms with Crippen LogP contribution in [0.5, 0.6) is 5.75 Å². The molecule has 0 aliphatic rings. The van der Waals surface area contributed by atoms with E-state index < -0.39 is 0 Å². The molecule has 0 fully saturated rings. The van der Waals surface area contributed by atoms with E-state index in [-0.39, 0.29) is 11.7 Å². The van der Waals surface area contributed by atoms with E-state index in [4.69, 9.17) is 9.15 Å². The largest absolute Gasteiger partial charge is 0.497 e. The molecule has 1 amide bonds. The molecule has 0 saturated carbocycles. The van der Waals surface area contributed by atoms with Crippen LogP contribution in [-0.4, -0.2) is 39.2 Å². The molecule has 130 valence electrons. The topological polar surface area (TPSA) is 103 Å². The van der Waals surface area contributed by atoms with Crippen molar-refractivity contribution in [2.45, 2.75) is 18.6 Å². The number of rotatable bonds is 7. The van der Waals surface area contributed by atoms with Gasteiger partial charge in [0, 0.05) is 0 Å². The van der Waals surface area contributed by atoms with Gasteiger partial charge in [0.25, 0.3) is 5.22 Å². The number of aryl methyl sites for hydroxylation is 1. The Morgan fingerprint density at radius 1 is 1.24 bits per heavy atom. The first-order valence-corrected chi connectivity index (χ1v) is 9.10. The number of amides is 1. The van der Waals surface area contributed by atoms with E-state index in [1.54, 1.807) is 7.11 Å². The fraction of sp³-hybridized carbons (Fsp3) is 0.267. The highest BCUT2D eigenvalue weighted by atomic mass is 32.2. The lowest BCUT2D eigenvalue weighted by Crippen LogP contribution is -2.13. The molecule has 2 heterocycles. The molecule has 10 heteroatoms. The number of thioether (sulfide) groups is 1.